The minimum Gasteiger partial charge on any atom is -0.481 e. The Balaban J connectivity index is 2.25. The molecular weight excluding hydrogens is 220 g/mol. The molecule has 0 atom stereocenters. The molecule has 5 heteroatoms. The summed E-state index contributed by atoms with van der Waals surface area (Å²) in [6.07, 6.45) is 4.36. The fourth-order valence-electron chi connectivity index (χ4n) is 2.05. The molecule has 0 aromatic heterocycles. The first-order valence-corrected chi connectivity index (χ1v) is 6.22. The molecule has 0 unspecified atom stereocenters. The first kappa shape index (κ1) is 13.8. The van der Waals surface area contributed by atoms with Crippen molar-refractivity contribution in [2.45, 2.75) is 45.1 Å². The standard InChI is InChI=1S/C12H22N2O3/c1-9-3-5-10(6-4-9)13-12(17)14(2)8-7-11(15)16/h9-10H,3-8H2,1-2H3,(H,13,17)(H,15,16). The number of aliphatic carboxylic acids is 1. The summed E-state index contributed by atoms with van der Waals surface area (Å²) in [7, 11) is 1.63. The Morgan fingerprint density at radius 2 is 1.88 bits per heavy atom. The van der Waals surface area contributed by atoms with Crippen molar-refractivity contribution >= 4 is 12.0 Å². The fourth-order valence-corrected chi connectivity index (χ4v) is 2.05. The smallest absolute Gasteiger partial charge is 0.317 e. The molecule has 2 N–H and O–H groups in total. The van der Waals surface area contributed by atoms with Crippen molar-refractivity contribution in [1.29, 1.82) is 0 Å². The molecule has 0 aliphatic heterocycles. The van der Waals surface area contributed by atoms with Crippen LogP contribution in [-0.4, -0.2) is 41.6 Å². The van der Waals surface area contributed by atoms with Crippen LogP contribution in [0.3, 0.4) is 0 Å². The normalized spacial score (nSPS) is 24.1. The first-order valence-electron chi connectivity index (χ1n) is 6.22. The molecule has 0 aromatic rings. The maximum absolute atomic E-state index is 11.7. The number of nitrogens with one attached hydrogen (secondary N) is 1. The van der Waals surface area contributed by atoms with Crippen molar-refractivity contribution in [3.8, 4) is 0 Å². The molecule has 0 spiro atoms. The van der Waals surface area contributed by atoms with E-state index in [2.05, 4.69) is 12.2 Å². The highest BCUT2D eigenvalue weighted by atomic mass is 16.4. The van der Waals surface area contributed by atoms with E-state index in [0.29, 0.717) is 0 Å². The van der Waals surface area contributed by atoms with Crippen molar-refractivity contribution in [2.24, 2.45) is 5.92 Å². The lowest BCUT2D eigenvalue weighted by Gasteiger charge is -2.28. The first-order chi connectivity index (χ1) is 7.99. The lowest BCUT2D eigenvalue weighted by atomic mass is 9.87. The summed E-state index contributed by atoms with van der Waals surface area (Å²) in [4.78, 5) is 23.6. The van der Waals surface area contributed by atoms with Crippen LogP contribution in [0.4, 0.5) is 4.79 Å². The second-order valence-corrected chi connectivity index (χ2v) is 4.97. The topological polar surface area (TPSA) is 69.6 Å². The maximum Gasteiger partial charge on any atom is 0.317 e. The number of nitrogens with zero attached hydrogens (tertiary/aromatic N) is 1. The number of hydrogen-bond acceptors (Lipinski definition) is 2. The number of carboxylic acid groups (broad SMARTS) is 1. The van der Waals surface area contributed by atoms with Gasteiger partial charge >= 0.3 is 12.0 Å². The number of amides is 2. The lowest BCUT2D eigenvalue weighted by Crippen LogP contribution is -2.44. The van der Waals surface area contributed by atoms with Gasteiger partial charge in [-0.3, -0.25) is 4.79 Å². The summed E-state index contributed by atoms with van der Waals surface area (Å²) >= 11 is 0. The quantitative estimate of drug-likeness (QED) is 0.788. The van der Waals surface area contributed by atoms with Crippen LogP contribution in [0.25, 0.3) is 0 Å². The third-order valence-electron chi connectivity index (χ3n) is 3.35. The second-order valence-electron chi connectivity index (χ2n) is 4.97. The van der Waals surface area contributed by atoms with E-state index in [9.17, 15) is 9.59 Å². The maximum atomic E-state index is 11.7. The number of hydrogen-bond donors (Lipinski definition) is 2. The van der Waals surface area contributed by atoms with Gasteiger partial charge in [-0.1, -0.05) is 6.92 Å². The van der Waals surface area contributed by atoms with Crippen LogP contribution in [0.1, 0.15) is 39.0 Å². The van der Waals surface area contributed by atoms with Gasteiger partial charge in [-0.2, -0.15) is 0 Å². The predicted octanol–water partition coefficient (Wildman–Crippen LogP) is 1.68. The van der Waals surface area contributed by atoms with E-state index in [1.54, 1.807) is 7.05 Å². The van der Waals surface area contributed by atoms with Gasteiger partial charge in [-0.15, -0.1) is 0 Å². The molecule has 0 radical (unpaired) electrons. The largest absolute Gasteiger partial charge is 0.481 e. The van der Waals surface area contributed by atoms with Gasteiger partial charge in [0.05, 0.1) is 6.42 Å². The molecule has 17 heavy (non-hydrogen) atoms. The van der Waals surface area contributed by atoms with Crippen LogP contribution in [0.2, 0.25) is 0 Å². The van der Waals surface area contributed by atoms with E-state index in [1.165, 1.54) is 4.90 Å². The molecule has 1 saturated carbocycles. The molecule has 1 aliphatic rings. The van der Waals surface area contributed by atoms with Gasteiger partial charge in [0.25, 0.3) is 0 Å². The van der Waals surface area contributed by atoms with Crippen molar-refractivity contribution < 1.29 is 14.7 Å². The van der Waals surface area contributed by atoms with Crippen molar-refractivity contribution in [3.63, 3.8) is 0 Å². The van der Waals surface area contributed by atoms with Gasteiger partial charge in [-0.05, 0) is 31.6 Å². The highest BCUT2D eigenvalue weighted by Gasteiger charge is 2.21. The Morgan fingerprint density at radius 3 is 2.41 bits per heavy atom. The molecule has 5 nitrogen and oxygen atoms in total. The number of carbonyl (C=O) groups is 2. The monoisotopic (exact) mass is 242 g/mol. The van der Waals surface area contributed by atoms with Gasteiger partial charge in [-0.25, -0.2) is 4.79 Å². The molecule has 0 aromatic carbocycles. The number of rotatable bonds is 4. The highest BCUT2D eigenvalue weighted by Crippen LogP contribution is 2.23. The van der Waals surface area contributed by atoms with Crippen molar-refractivity contribution in [3.05, 3.63) is 0 Å². The van der Waals surface area contributed by atoms with Crippen LogP contribution in [0.5, 0.6) is 0 Å². The Kier molecular flexibility index (Phi) is 5.25. The second kappa shape index (κ2) is 6.47. The molecule has 0 saturated heterocycles. The van der Waals surface area contributed by atoms with Crippen LogP contribution in [-0.2, 0) is 4.79 Å². The molecule has 98 valence electrons. The zero-order valence-corrected chi connectivity index (χ0v) is 10.6. The van der Waals surface area contributed by atoms with Crippen LogP contribution >= 0.6 is 0 Å². The van der Waals surface area contributed by atoms with Gasteiger partial charge in [0.2, 0.25) is 0 Å². The number of carbonyl (C=O) groups excluding carboxylic acids is 1. The predicted molar refractivity (Wildman–Crippen MR) is 64.8 cm³/mol. The molecule has 1 fully saturated rings. The van der Waals surface area contributed by atoms with Gasteiger partial charge in [0, 0.05) is 19.6 Å². The summed E-state index contributed by atoms with van der Waals surface area (Å²) in [5.74, 6) is -0.121. The van der Waals surface area contributed by atoms with E-state index in [0.717, 1.165) is 31.6 Å². The van der Waals surface area contributed by atoms with E-state index in [1.807, 2.05) is 0 Å². The molecule has 1 aliphatic carbocycles. The summed E-state index contributed by atoms with van der Waals surface area (Å²) in [5, 5.41) is 11.5. The van der Waals surface area contributed by atoms with E-state index >= 15 is 0 Å². The van der Waals surface area contributed by atoms with Gasteiger partial charge < -0.3 is 15.3 Å². The minimum absolute atomic E-state index is 0.00831. The molecule has 1 rings (SSSR count). The summed E-state index contributed by atoms with van der Waals surface area (Å²) in [6, 6.07) is 0.0942. The molecule has 0 bridgehead atoms. The van der Waals surface area contributed by atoms with Crippen LogP contribution < -0.4 is 5.32 Å². The Labute approximate surface area is 102 Å². The molecule has 2 amide bonds. The number of carboxylic acids is 1. The van der Waals surface area contributed by atoms with Crippen LogP contribution in [0.15, 0.2) is 0 Å². The Morgan fingerprint density at radius 1 is 1.29 bits per heavy atom. The van der Waals surface area contributed by atoms with Gasteiger partial charge in [0.15, 0.2) is 0 Å². The zero-order chi connectivity index (χ0) is 12.8. The zero-order valence-electron chi connectivity index (χ0n) is 10.6. The number of urea groups is 1. The van der Waals surface area contributed by atoms with Crippen molar-refractivity contribution in [1.82, 2.24) is 10.2 Å². The SMILES string of the molecule is CC1CCC(NC(=O)N(C)CCC(=O)O)CC1. The average molecular weight is 242 g/mol. The Bertz CT molecular complexity index is 273. The average Bonchev–Trinajstić information content (AvgIpc) is 2.28. The lowest BCUT2D eigenvalue weighted by molar-refractivity contribution is -0.137. The minimum atomic E-state index is -0.879. The van der Waals surface area contributed by atoms with E-state index in [-0.39, 0.29) is 25.0 Å². The van der Waals surface area contributed by atoms with E-state index < -0.39 is 5.97 Å². The molecule has 0 heterocycles. The fraction of sp³-hybridized carbons (Fsp3) is 0.833. The summed E-state index contributed by atoms with van der Waals surface area (Å²) < 4.78 is 0. The third-order valence-corrected chi connectivity index (χ3v) is 3.35. The summed E-state index contributed by atoms with van der Waals surface area (Å²) in [6.45, 7) is 2.49. The summed E-state index contributed by atoms with van der Waals surface area (Å²) in [5.41, 5.74) is 0. The third kappa shape index (κ3) is 5.06. The van der Waals surface area contributed by atoms with Crippen LogP contribution in [0, 0.1) is 5.92 Å². The van der Waals surface area contributed by atoms with E-state index in [4.69, 9.17) is 5.11 Å². The highest BCUT2D eigenvalue weighted by molar-refractivity contribution is 5.75. The molecular formula is C12H22N2O3. The van der Waals surface area contributed by atoms with Crippen molar-refractivity contribution in [2.75, 3.05) is 13.6 Å². The van der Waals surface area contributed by atoms with Gasteiger partial charge in [0.1, 0.15) is 0 Å². The Hall–Kier alpha value is -1.26.